The molecule has 0 bridgehead atoms. The first kappa shape index (κ1) is 12.3. The standard InChI is InChI=1S/C11H14FNO.ClH/c1-14-9-4-2-8(3-5-9)6-11-10(12)7-13-11;/h2-5,10-11,13H,6-7H2,1H3;1H/t10-,11-;/m0./s1. The molecule has 0 saturated carbocycles. The molecule has 1 aromatic rings. The molecule has 1 N–H and O–H groups in total. The van der Waals surface area contributed by atoms with Crippen molar-refractivity contribution in [2.24, 2.45) is 0 Å². The summed E-state index contributed by atoms with van der Waals surface area (Å²) >= 11 is 0. The third-order valence-electron chi connectivity index (χ3n) is 2.63. The maximum atomic E-state index is 12.9. The van der Waals surface area contributed by atoms with Crippen LogP contribution in [0.3, 0.4) is 0 Å². The van der Waals surface area contributed by atoms with Crippen LogP contribution in [0.4, 0.5) is 4.39 Å². The summed E-state index contributed by atoms with van der Waals surface area (Å²) in [6.45, 7) is 0.501. The first-order valence-corrected chi connectivity index (χ1v) is 4.80. The van der Waals surface area contributed by atoms with E-state index in [2.05, 4.69) is 5.32 Å². The predicted octanol–water partition coefficient (Wildman–Crippen LogP) is 1.97. The van der Waals surface area contributed by atoms with E-state index < -0.39 is 6.17 Å². The van der Waals surface area contributed by atoms with E-state index in [1.54, 1.807) is 7.11 Å². The van der Waals surface area contributed by atoms with Gasteiger partial charge in [0.15, 0.2) is 0 Å². The summed E-state index contributed by atoms with van der Waals surface area (Å²) in [7, 11) is 1.64. The average Bonchev–Trinajstić information content (AvgIpc) is 2.24. The zero-order valence-electron chi connectivity index (χ0n) is 8.57. The van der Waals surface area contributed by atoms with E-state index in [1.165, 1.54) is 0 Å². The molecule has 2 rings (SSSR count). The lowest BCUT2D eigenvalue weighted by molar-refractivity contribution is 0.158. The minimum absolute atomic E-state index is 0. The van der Waals surface area contributed by atoms with Crippen molar-refractivity contribution >= 4 is 12.4 Å². The Kier molecular flexibility index (Phi) is 4.36. The highest BCUT2D eigenvalue weighted by atomic mass is 35.5. The van der Waals surface area contributed by atoms with Crippen LogP contribution in [-0.4, -0.2) is 25.9 Å². The molecule has 0 radical (unpaired) electrons. The van der Waals surface area contributed by atoms with Gasteiger partial charge in [-0.25, -0.2) is 4.39 Å². The minimum Gasteiger partial charge on any atom is -0.497 e. The second kappa shape index (κ2) is 5.33. The highest BCUT2D eigenvalue weighted by Crippen LogP contribution is 2.17. The Morgan fingerprint density at radius 1 is 1.40 bits per heavy atom. The van der Waals surface area contributed by atoms with Crippen molar-refractivity contribution in [3.8, 4) is 5.75 Å². The molecule has 0 aliphatic carbocycles. The van der Waals surface area contributed by atoms with Crippen LogP contribution in [-0.2, 0) is 6.42 Å². The van der Waals surface area contributed by atoms with Crippen molar-refractivity contribution < 1.29 is 9.13 Å². The zero-order chi connectivity index (χ0) is 9.97. The van der Waals surface area contributed by atoms with Gasteiger partial charge in [0, 0.05) is 12.6 Å². The van der Waals surface area contributed by atoms with Crippen molar-refractivity contribution in [2.75, 3.05) is 13.7 Å². The van der Waals surface area contributed by atoms with Crippen LogP contribution >= 0.6 is 12.4 Å². The number of halogens is 2. The van der Waals surface area contributed by atoms with Gasteiger partial charge in [-0.1, -0.05) is 12.1 Å². The lowest BCUT2D eigenvalue weighted by Gasteiger charge is -2.32. The average molecular weight is 232 g/mol. The van der Waals surface area contributed by atoms with Gasteiger partial charge in [-0.05, 0) is 24.1 Å². The Morgan fingerprint density at radius 2 is 2.07 bits per heavy atom. The van der Waals surface area contributed by atoms with Gasteiger partial charge in [0.1, 0.15) is 11.9 Å². The maximum Gasteiger partial charge on any atom is 0.128 e. The van der Waals surface area contributed by atoms with Gasteiger partial charge in [-0.15, -0.1) is 12.4 Å². The smallest absolute Gasteiger partial charge is 0.128 e. The molecule has 1 aliphatic rings. The molecule has 1 fully saturated rings. The van der Waals surface area contributed by atoms with Crippen LogP contribution in [0.25, 0.3) is 0 Å². The molecular weight excluding hydrogens is 217 g/mol. The number of hydrogen-bond acceptors (Lipinski definition) is 2. The van der Waals surface area contributed by atoms with E-state index in [0.717, 1.165) is 17.7 Å². The summed E-state index contributed by atoms with van der Waals surface area (Å²) in [6, 6.07) is 7.77. The number of methoxy groups -OCH3 is 1. The van der Waals surface area contributed by atoms with Crippen LogP contribution in [0.1, 0.15) is 5.56 Å². The molecule has 2 nitrogen and oxygen atoms in total. The lowest BCUT2D eigenvalue weighted by Crippen LogP contribution is -2.55. The molecule has 0 aromatic heterocycles. The molecule has 1 aromatic carbocycles. The van der Waals surface area contributed by atoms with Crippen molar-refractivity contribution in [3.63, 3.8) is 0 Å². The summed E-state index contributed by atoms with van der Waals surface area (Å²) in [5.41, 5.74) is 1.14. The Hall–Kier alpha value is -0.800. The number of alkyl halides is 1. The highest BCUT2D eigenvalue weighted by Gasteiger charge is 2.29. The molecule has 0 unspecified atom stereocenters. The summed E-state index contributed by atoms with van der Waals surface area (Å²) in [5, 5.41) is 3.07. The third-order valence-corrected chi connectivity index (χ3v) is 2.63. The number of hydrogen-bond donors (Lipinski definition) is 1. The summed E-state index contributed by atoms with van der Waals surface area (Å²) in [6.07, 6.45) is 0.0719. The van der Waals surface area contributed by atoms with Gasteiger partial charge < -0.3 is 10.1 Å². The number of ether oxygens (including phenoxy) is 1. The third kappa shape index (κ3) is 2.83. The molecule has 1 heterocycles. The van der Waals surface area contributed by atoms with Crippen molar-refractivity contribution in [1.82, 2.24) is 5.32 Å². The summed E-state index contributed by atoms with van der Waals surface area (Å²) < 4.78 is 18.0. The minimum atomic E-state index is -0.683. The van der Waals surface area contributed by atoms with Crippen LogP contribution < -0.4 is 10.1 Å². The first-order chi connectivity index (χ1) is 6.79. The van der Waals surface area contributed by atoms with E-state index in [4.69, 9.17) is 4.74 Å². The Labute approximate surface area is 95.2 Å². The summed E-state index contributed by atoms with van der Waals surface area (Å²) in [4.78, 5) is 0. The van der Waals surface area contributed by atoms with Gasteiger partial charge >= 0.3 is 0 Å². The van der Waals surface area contributed by atoms with Gasteiger partial charge in [0.05, 0.1) is 7.11 Å². The number of rotatable bonds is 3. The van der Waals surface area contributed by atoms with Crippen molar-refractivity contribution in [3.05, 3.63) is 29.8 Å². The SMILES string of the molecule is COc1ccc(C[C@@H]2NC[C@@H]2F)cc1.Cl. The normalized spacial score (nSPS) is 23.9. The van der Waals surface area contributed by atoms with Gasteiger partial charge in [0.25, 0.3) is 0 Å². The Bertz CT molecular complexity index is 304. The predicted molar refractivity (Wildman–Crippen MR) is 60.6 cm³/mol. The quantitative estimate of drug-likeness (QED) is 0.859. The van der Waals surface area contributed by atoms with E-state index in [9.17, 15) is 4.39 Å². The fourth-order valence-corrected chi connectivity index (χ4v) is 1.59. The number of benzene rings is 1. The van der Waals surface area contributed by atoms with Crippen molar-refractivity contribution in [2.45, 2.75) is 18.6 Å². The monoisotopic (exact) mass is 231 g/mol. The second-order valence-corrected chi connectivity index (χ2v) is 3.58. The topological polar surface area (TPSA) is 21.3 Å². The maximum absolute atomic E-state index is 12.9. The molecule has 1 aliphatic heterocycles. The summed E-state index contributed by atoms with van der Waals surface area (Å²) in [5.74, 6) is 0.840. The highest BCUT2D eigenvalue weighted by molar-refractivity contribution is 5.85. The molecule has 2 atom stereocenters. The Morgan fingerprint density at radius 3 is 2.47 bits per heavy atom. The van der Waals surface area contributed by atoms with E-state index in [-0.39, 0.29) is 18.4 Å². The second-order valence-electron chi connectivity index (χ2n) is 3.58. The molecule has 0 spiro atoms. The molecule has 15 heavy (non-hydrogen) atoms. The van der Waals surface area contributed by atoms with Gasteiger partial charge in [0.2, 0.25) is 0 Å². The zero-order valence-corrected chi connectivity index (χ0v) is 9.39. The Balaban J connectivity index is 0.00000112. The van der Waals surface area contributed by atoms with Gasteiger partial charge in [-0.3, -0.25) is 0 Å². The largest absolute Gasteiger partial charge is 0.497 e. The molecule has 4 heteroatoms. The molecule has 84 valence electrons. The molecular formula is C11H15ClFNO. The van der Waals surface area contributed by atoms with Crippen LogP contribution in [0.2, 0.25) is 0 Å². The van der Waals surface area contributed by atoms with Gasteiger partial charge in [-0.2, -0.15) is 0 Å². The lowest BCUT2D eigenvalue weighted by atomic mass is 9.96. The first-order valence-electron chi connectivity index (χ1n) is 4.80. The molecule has 1 saturated heterocycles. The van der Waals surface area contributed by atoms with Crippen molar-refractivity contribution in [1.29, 1.82) is 0 Å². The van der Waals surface area contributed by atoms with Crippen LogP contribution in [0.15, 0.2) is 24.3 Å². The van der Waals surface area contributed by atoms with Crippen LogP contribution in [0.5, 0.6) is 5.75 Å². The van der Waals surface area contributed by atoms with E-state index in [0.29, 0.717) is 6.54 Å². The fraction of sp³-hybridized carbons (Fsp3) is 0.455. The van der Waals surface area contributed by atoms with Crippen LogP contribution in [0, 0.1) is 0 Å². The van der Waals surface area contributed by atoms with E-state index >= 15 is 0 Å². The number of nitrogens with one attached hydrogen (secondary N) is 1. The van der Waals surface area contributed by atoms with E-state index in [1.807, 2.05) is 24.3 Å². The fourth-order valence-electron chi connectivity index (χ4n) is 1.59. The molecule has 0 amide bonds.